The number of nitrogens with zero attached hydrogens (tertiary/aromatic N) is 2. The summed E-state index contributed by atoms with van der Waals surface area (Å²) < 4.78 is 4.07. The first-order chi connectivity index (χ1) is 7.50. The van der Waals surface area contributed by atoms with E-state index < -0.39 is 0 Å². The van der Waals surface area contributed by atoms with Crippen LogP contribution in [0.1, 0.15) is 15.4 Å². The summed E-state index contributed by atoms with van der Waals surface area (Å²) in [5.41, 5.74) is 0.557. The topological polar surface area (TPSA) is 34.9 Å². The lowest BCUT2D eigenvalue weighted by molar-refractivity contribution is 0.103. The summed E-state index contributed by atoms with van der Waals surface area (Å²) in [5.74, 6) is -0.0386. The highest BCUT2D eigenvalue weighted by Gasteiger charge is 2.20. The van der Waals surface area contributed by atoms with E-state index in [0.717, 1.165) is 8.26 Å². The molecule has 2 aromatic rings. The van der Waals surface area contributed by atoms with Crippen LogP contribution >= 0.6 is 59.1 Å². The maximum atomic E-state index is 12.2. The van der Waals surface area contributed by atoms with Gasteiger partial charge in [0.2, 0.25) is 5.78 Å². The van der Waals surface area contributed by atoms with Gasteiger partial charge in [0.15, 0.2) is 0 Å². The molecule has 0 bridgehead atoms. The van der Waals surface area contributed by atoms with Crippen LogP contribution in [-0.4, -0.2) is 15.6 Å². The molecule has 0 fully saturated rings. The van der Waals surface area contributed by atoms with Crippen molar-refractivity contribution in [2.45, 2.75) is 0 Å². The highest BCUT2D eigenvalue weighted by Crippen LogP contribution is 2.34. The summed E-state index contributed by atoms with van der Waals surface area (Å²) in [4.78, 5) is 12.9. The monoisotopic (exact) mass is 426 g/mol. The molecule has 0 aliphatic carbocycles. The van der Waals surface area contributed by atoms with Crippen LogP contribution in [0.25, 0.3) is 0 Å². The van der Waals surface area contributed by atoms with Gasteiger partial charge >= 0.3 is 0 Å². The summed E-state index contributed by atoms with van der Waals surface area (Å²) in [6.45, 7) is 0. The summed E-state index contributed by atoms with van der Waals surface area (Å²) in [6, 6.07) is 1.80. The van der Waals surface area contributed by atoms with Gasteiger partial charge in [-0.15, -0.1) is 11.3 Å². The second-order valence-corrected chi connectivity index (χ2v) is 7.10. The van der Waals surface area contributed by atoms with Crippen LogP contribution in [0, 0.1) is 0 Å². The Morgan fingerprint density at radius 1 is 1.38 bits per heavy atom. The lowest BCUT2D eigenvalue weighted by Gasteiger charge is -1.99. The van der Waals surface area contributed by atoms with E-state index in [0.29, 0.717) is 15.0 Å². The molecule has 84 valence electrons. The lowest BCUT2D eigenvalue weighted by Crippen LogP contribution is -2.07. The van der Waals surface area contributed by atoms with E-state index in [-0.39, 0.29) is 5.78 Å². The standard InChI is InChI=1S/C9H5Br3N2OS/c1-14-7(5(11)3-13-14)8(15)6-2-4(10)9(12)16-6/h2-3H,1H3. The van der Waals surface area contributed by atoms with Gasteiger partial charge < -0.3 is 0 Å². The Morgan fingerprint density at radius 2 is 2.06 bits per heavy atom. The lowest BCUT2D eigenvalue weighted by atomic mass is 10.2. The average Bonchev–Trinajstić information content (AvgIpc) is 2.72. The van der Waals surface area contributed by atoms with Crippen LogP contribution in [0.15, 0.2) is 25.0 Å². The smallest absolute Gasteiger partial charge is 0.222 e. The minimum absolute atomic E-state index is 0.0386. The maximum absolute atomic E-state index is 12.2. The molecule has 2 heterocycles. The van der Waals surface area contributed by atoms with Gasteiger partial charge in [-0.2, -0.15) is 5.10 Å². The van der Waals surface area contributed by atoms with Gasteiger partial charge in [0, 0.05) is 11.5 Å². The molecule has 0 aromatic carbocycles. The van der Waals surface area contributed by atoms with Gasteiger partial charge in [-0.05, 0) is 53.9 Å². The van der Waals surface area contributed by atoms with Crippen LogP contribution in [0.4, 0.5) is 0 Å². The van der Waals surface area contributed by atoms with Crippen molar-refractivity contribution in [1.82, 2.24) is 9.78 Å². The fraction of sp³-hybridized carbons (Fsp3) is 0.111. The van der Waals surface area contributed by atoms with Crippen molar-refractivity contribution in [3.63, 3.8) is 0 Å². The van der Waals surface area contributed by atoms with Gasteiger partial charge in [-0.25, -0.2) is 0 Å². The van der Waals surface area contributed by atoms with Crippen molar-refractivity contribution >= 4 is 64.9 Å². The number of ketones is 1. The molecule has 2 rings (SSSR count). The first kappa shape index (κ1) is 12.5. The molecular formula is C9H5Br3N2OS. The Balaban J connectivity index is 2.47. The van der Waals surface area contributed by atoms with Crippen molar-refractivity contribution in [1.29, 1.82) is 0 Å². The number of aryl methyl sites for hydroxylation is 1. The van der Waals surface area contributed by atoms with Crippen molar-refractivity contribution in [2.75, 3.05) is 0 Å². The molecule has 0 saturated heterocycles. The zero-order valence-corrected chi connectivity index (χ0v) is 13.6. The molecule has 0 amide bonds. The van der Waals surface area contributed by atoms with E-state index in [1.165, 1.54) is 11.3 Å². The Hall–Kier alpha value is 0.0200. The molecule has 0 spiro atoms. The molecule has 3 nitrogen and oxygen atoms in total. The summed E-state index contributed by atoms with van der Waals surface area (Å²) in [7, 11) is 1.75. The average molecular weight is 429 g/mol. The molecule has 0 aliphatic heterocycles. The summed E-state index contributed by atoms with van der Waals surface area (Å²) >= 11 is 11.4. The number of halogens is 3. The van der Waals surface area contributed by atoms with Gasteiger partial charge in [0.1, 0.15) is 5.69 Å². The fourth-order valence-corrected chi connectivity index (χ4v) is 3.75. The number of rotatable bonds is 2. The van der Waals surface area contributed by atoms with E-state index in [4.69, 9.17) is 0 Å². The quantitative estimate of drug-likeness (QED) is 0.678. The SMILES string of the molecule is Cn1ncc(Br)c1C(=O)c1cc(Br)c(Br)s1. The van der Waals surface area contributed by atoms with Crippen molar-refractivity contribution in [2.24, 2.45) is 7.05 Å². The molecule has 2 aromatic heterocycles. The van der Waals surface area contributed by atoms with Gasteiger partial charge in [0.05, 0.1) is 19.3 Å². The minimum atomic E-state index is -0.0386. The Kier molecular flexibility index (Phi) is 3.68. The number of aromatic nitrogens is 2. The Labute approximate surface area is 121 Å². The van der Waals surface area contributed by atoms with Crippen LogP contribution in [0.3, 0.4) is 0 Å². The summed E-state index contributed by atoms with van der Waals surface area (Å²) in [6.07, 6.45) is 1.62. The van der Waals surface area contributed by atoms with Crippen LogP contribution < -0.4 is 0 Å². The third kappa shape index (κ3) is 2.18. The van der Waals surface area contributed by atoms with Crippen LogP contribution in [0.5, 0.6) is 0 Å². The fourth-order valence-electron chi connectivity index (χ4n) is 1.24. The predicted molar refractivity (Wildman–Crippen MR) is 74.1 cm³/mol. The Morgan fingerprint density at radius 3 is 2.50 bits per heavy atom. The highest BCUT2D eigenvalue weighted by atomic mass is 79.9. The molecule has 0 radical (unpaired) electrons. The number of thiophene rings is 1. The van der Waals surface area contributed by atoms with E-state index in [1.807, 2.05) is 0 Å². The number of hydrogen-bond donors (Lipinski definition) is 0. The molecule has 16 heavy (non-hydrogen) atoms. The van der Waals surface area contributed by atoms with E-state index in [9.17, 15) is 4.79 Å². The van der Waals surface area contributed by atoms with Gasteiger partial charge in [-0.1, -0.05) is 0 Å². The van der Waals surface area contributed by atoms with Gasteiger partial charge in [-0.3, -0.25) is 9.48 Å². The van der Waals surface area contributed by atoms with E-state index in [1.54, 1.807) is 24.0 Å². The van der Waals surface area contributed by atoms with Gasteiger partial charge in [0.25, 0.3) is 0 Å². The van der Waals surface area contributed by atoms with Crippen molar-refractivity contribution < 1.29 is 4.79 Å². The number of hydrogen-bond acceptors (Lipinski definition) is 3. The van der Waals surface area contributed by atoms with E-state index in [2.05, 4.69) is 52.9 Å². The largest absolute Gasteiger partial charge is 0.286 e. The Bertz CT molecular complexity index is 522. The third-order valence-electron chi connectivity index (χ3n) is 1.98. The molecule has 0 saturated carbocycles. The summed E-state index contributed by atoms with van der Waals surface area (Å²) in [5, 5.41) is 4.02. The first-order valence-corrected chi connectivity index (χ1v) is 7.37. The minimum Gasteiger partial charge on any atom is -0.286 e. The molecular weight excluding hydrogens is 424 g/mol. The normalized spacial score (nSPS) is 10.8. The molecule has 7 heteroatoms. The molecule has 0 atom stereocenters. The zero-order chi connectivity index (χ0) is 11.9. The zero-order valence-electron chi connectivity index (χ0n) is 8.00. The highest BCUT2D eigenvalue weighted by molar-refractivity contribution is 9.13. The van der Waals surface area contributed by atoms with Crippen molar-refractivity contribution in [3.05, 3.63) is 35.6 Å². The molecule has 0 aliphatic rings. The van der Waals surface area contributed by atoms with Crippen molar-refractivity contribution in [3.8, 4) is 0 Å². The third-order valence-corrected chi connectivity index (χ3v) is 5.81. The predicted octanol–water partition coefficient (Wildman–Crippen LogP) is 4.00. The number of carbonyl (C=O) groups is 1. The maximum Gasteiger partial charge on any atom is 0.222 e. The van der Waals surface area contributed by atoms with E-state index >= 15 is 0 Å². The first-order valence-electron chi connectivity index (χ1n) is 4.17. The second-order valence-electron chi connectivity index (χ2n) is 3.03. The van der Waals surface area contributed by atoms with Crippen LogP contribution in [-0.2, 0) is 7.05 Å². The molecule has 0 unspecified atom stereocenters. The second kappa shape index (κ2) is 4.72. The number of carbonyl (C=O) groups excluding carboxylic acids is 1. The molecule has 0 N–H and O–H groups in total. The van der Waals surface area contributed by atoms with Crippen LogP contribution in [0.2, 0.25) is 0 Å².